The molecule has 1 fully saturated rings. The van der Waals surface area contributed by atoms with Crippen LogP contribution in [0, 0.1) is 0 Å². The molecule has 2 unspecified atom stereocenters. The van der Waals surface area contributed by atoms with Crippen molar-refractivity contribution in [1.82, 2.24) is 5.32 Å². The van der Waals surface area contributed by atoms with Gasteiger partial charge in [0.25, 0.3) is 0 Å². The van der Waals surface area contributed by atoms with E-state index in [2.05, 4.69) is 28.8 Å². The van der Waals surface area contributed by atoms with E-state index in [0.29, 0.717) is 22.0 Å². The van der Waals surface area contributed by atoms with Crippen molar-refractivity contribution in [2.24, 2.45) is 0 Å². The molecule has 0 amide bonds. The summed E-state index contributed by atoms with van der Waals surface area (Å²) in [6.07, 6.45) is 2.32. The normalized spacial score (nSPS) is 23.4. The monoisotopic (exact) mass is 332 g/mol. The average molecular weight is 333 g/mol. The lowest BCUT2D eigenvalue weighted by Crippen LogP contribution is -2.21. The molecule has 0 bridgehead atoms. The number of hydrogen-bond donors (Lipinski definition) is 2. The Labute approximate surface area is 140 Å². The fraction of sp³-hybridized carbons (Fsp3) is 0.333. The standard InChI is InChI=1S/C18H18Cl2N2/c19-12-8-11(9-13(20)10-12)14-2-1-3-17-18(14)15-4-6-21-7-5-16(15)22-17/h1-3,8-10,15-16,21-22H,4-7H2. The summed E-state index contributed by atoms with van der Waals surface area (Å²) < 4.78 is 0. The molecule has 2 aromatic rings. The minimum absolute atomic E-state index is 0.529. The van der Waals surface area contributed by atoms with Crippen molar-refractivity contribution >= 4 is 28.9 Å². The molecule has 4 heteroatoms. The SMILES string of the molecule is Clc1cc(Cl)cc(-c2cccc3c2C2CCNCCC2N3)c1. The zero-order valence-electron chi connectivity index (χ0n) is 12.2. The Morgan fingerprint density at radius 3 is 2.55 bits per heavy atom. The first-order valence-corrected chi connectivity index (χ1v) is 8.54. The lowest BCUT2D eigenvalue weighted by atomic mass is 9.86. The highest BCUT2D eigenvalue weighted by molar-refractivity contribution is 6.35. The highest BCUT2D eigenvalue weighted by Crippen LogP contribution is 2.45. The quantitative estimate of drug-likeness (QED) is 0.774. The van der Waals surface area contributed by atoms with E-state index in [9.17, 15) is 0 Å². The van der Waals surface area contributed by atoms with Gasteiger partial charge in [-0.1, -0.05) is 35.3 Å². The second-order valence-electron chi connectivity index (χ2n) is 6.11. The van der Waals surface area contributed by atoms with E-state index in [4.69, 9.17) is 23.2 Å². The maximum Gasteiger partial charge on any atom is 0.0426 e. The predicted octanol–water partition coefficient (Wildman–Crippen LogP) is 4.92. The van der Waals surface area contributed by atoms with Crippen LogP contribution < -0.4 is 10.6 Å². The van der Waals surface area contributed by atoms with E-state index < -0.39 is 0 Å². The second kappa shape index (κ2) is 5.77. The first kappa shape index (κ1) is 14.4. The highest BCUT2D eigenvalue weighted by Gasteiger charge is 2.34. The van der Waals surface area contributed by atoms with Crippen molar-refractivity contribution in [2.45, 2.75) is 24.8 Å². The smallest absolute Gasteiger partial charge is 0.0426 e. The van der Waals surface area contributed by atoms with Crippen LogP contribution in [0.2, 0.25) is 10.0 Å². The van der Waals surface area contributed by atoms with Crippen LogP contribution in [0.15, 0.2) is 36.4 Å². The lowest BCUT2D eigenvalue weighted by Gasteiger charge is -2.18. The zero-order valence-corrected chi connectivity index (χ0v) is 13.7. The van der Waals surface area contributed by atoms with Crippen LogP contribution in [0.5, 0.6) is 0 Å². The van der Waals surface area contributed by atoms with Gasteiger partial charge in [-0.15, -0.1) is 0 Å². The summed E-state index contributed by atoms with van der Waals surface area (Å²) in [6, 6.07) is 12.8. The van der Waals surface area contributed by atoms with Crippen molar-refractivity contribution in [3.63, 3.8) is 0 Å². The molecular weight excluding hydrogens is 315 g/mol. The van der Waals surface area contributed by atoms with Crippen molar-refractivity contribution < 1.29 is 0 Å². The Balaban J connectivity index is 1.84. The van der Waals surface area contributed by atoms with Gasteiger partial charge in [-0.3, -0.25) is 0 Å². The fourth-order valence-corrected chi connectivity index (χ4v) is 4.34. The number of rotatable bonds is 1. The summed E-state index contributed by atoms with van der Waals surface area (Å²) in [7, 11) is 0. The molecule has 4 rings (SSSR count). The number of nitrogens with one attached hydrogen (secondary N) is 2. The Kier molecular flexibility index (Phi) is 3.77. The molecule has 0 saturated carbocycles. The molecule has 0 spiro atoms. The van der Waals surface area contributed by atoms with Crippen molar-refractivity contribution in [3.8, 4) is 11.1 Å². The van der Waals surface area contributed by atoms with Crippen LogP contribution in [0.3, 0.4) is 0 Å². The molecule has 2 aliphatic rings. The van der Waals surface area contributed by atoms with Crippen LogP contribution >= 0.6 is 23.2 Å². The van der Waals surface area contributed by atoms with Gasteiger partial charge in [-0.2, -0.15) is 0 Å². The molecule has 2 atom stereocenters. The molecular formula is C18H18Cl2N2. The Bertz CT molecular complexity index is 694. The molecule has 22 heavy (non-hydrogen) atoms. The third-order valence-corrected chi connectivity index (χ3v) is 5.18. The van der Waals surface area contributed by atoms with Crippen molar-refractivity contribution in [1.29, 1.82) is 0 Å². The van der Waals surface area contributed by atoms with Crippen LogP contribution in [0.4, 0.5) is 5.69 Å². The number of hydrogen-bond acceptors (Lipinski definition) is 2. The molecule has 2 heterocycles. The molecule has 0 aliphatic carbocycles. The maximum atomic E-state index is 6.20. The Morgan fingerprint density at radius 2 is 1.73 bits per heavy atom. The number of benzene rings is 2. The van der Waals surface area contributed by atoms with Crippen molar-refractivity contribution in [2.75, 3.05) is 18.4 Å². The summed E-state index contributed by atoms with van der Waals surface area (Å²) in [6.45, 7) is 2.16. The molecule has 0 radical (unpaired) electrons. The Morgan fingerprint density at radius 1 is 0.955 bits per heavy atom. The van der Waals surface area contributed by atoms with E-state index in [1.807, 2.05) is 12.1 Å². The molecule has 1 saturated heterocycles. The number of halogens is 2. The number of fused-ring (bicyclic) bond motifs is 3. The van der Waals surface area contributed by atoms with E-state index in [0.717, 1.165) is 31.5 Å². The van der Waals surface area contributed by atoms with Gasteiger partial charge in [0, 0.05) is 27.7 Å². The fourth-order valence-electron chi connectivity index (χ4n) is 3.81. The van der Waals surface area contributed by atoms with E-state index in [1.165, 1.54) is 16.8 Å². The van der Waals surface area contributed by atoms with Crippen LogP contribution in [0.25, 0.3) is 11.1 Å². The topological polar surface area (TPSA) is 24.1 Å². The van der Waals surface area contributed by atoms with E-state index in [1.54, 1.807) is 6.07 Å². The molecule has 114 valence electrons. The van der Waals surface area contributed by atoms with Gasteiger partial charge in [0.1, 0.15) is 0 Å². The summed E-state index contributed by atoms with van der Waals surface area (Å²) in [4.78, 5) is 0. The Hall–Kier alpha value is -1.22. The third-order valence-electron chi connectivity index (χ3n) is 4.74. The summed E-state index contributed by atoms with van der Waals surface area (Å²) >= 11 is 12.4. The average Bonchev–Trinajstić information content (AvgIpc) is 2.68. The predicted molar refractivity (Wildman–Crippen MR) is 94.2 cm³/mol. The third kappa shape index (κ3) is 2.50. The van der Waals surface area contributed by atoms with Gasteiger partial charge in [0.15, 0.2) is 0 Å². The highest BCUT2D eigenvalue weighted by atomic mass is 35.5. The summed E-state index contributed by atoms with van der Waals surface area (Å²) in [5, 5.41) is 8.58. The van der Waals surface area contributed by atoms with Gasteiger partial charge >= 0.3 is 0 Å². The molecule has 0 aromatic heterocycles. The molecule has 2 aromatic carbocycles. The van der Waals surface area contributed by atoms with Crippen molar-refractivity contribution in [3.05, 3.63) is 52.0 Å². The number of anilines is 1. The summed E-state index contributed by atoms with van der Waals surface area (Å²) in [5.41, 5.74) is 5.05. The van der Waals surface area contributed by atoms with E-state index in [-0.39, 0.29) is 0 Å². The van der Waals surface area contributed by atoms with Crippen LogP contribution in [-0.2, 0) is 0 Å². The van der Waals surface area contributed by atoms with Gasteiger partial charge < -0.3 is 10.6 Å². The minimum atomic E-state index is 0.529. The largest absolute Gasteiger partial charge is 0.381 e. The van der Waals surface area contributed by atoms with Crippen LogP contribution in [-0.4, -0.2) is 19.1 Å². The zero-order chi connectivity index (χ0) is 15.1. The van der Waals surface area contributed by atoms with Gasteiger partial charge in [0.2, 0.25) is 0 Å². The first-order valence-electron chi connectivity index (χ1n) is 7.79. The minimum Gasteiger partial charge on any atom is -0.381 e. The van der Waals surface area contributed by atoms with Gasteiger partial charge in [-0.25, -0.2) is 0 Å². The summed E-state index contributed by atoms with van der Waals surface area (Å²) in [5.74, 6) is 0.555. The lowest BCUT2D eigenvalue weighted by molar-refractivity contribution is 0.579. The molecule has 2 aliphatic heterocycles. The molecule has 2 N–H and O–H groups in total. The van der Waals surface area contributed by atoms with Gasteiger partial charge in [-0.05, 0) is 66.9 Å². The maximum absolute atomic E-state index is 6.20. The second-order valence-corrected chi connectivity index (χ2v) is 6.98. The van der Waals surface area contributed by atoms with E-state index >= 15 is 0 Å². The molecule has 2 nitrogen and oxygen atoms in total. The first-order chi connectivity index (χ1) is 10.7. The van der Waals surface area contributed by atoms with Crippen LogP contribution in [0.1, 0.15) is 24.3 Å². The van der Waals surface area contributed by atoms with Gasteiger partial charge in [0.05, 0.1) is 0 Å².